The Labute approximate surface area is 115 Å². The number of nitrogens with zero attached hydrogens (tertiary/aromatic N) is 2. The van der Waals surface area contributed by atoms with Gasteiger partial charge in [0, 0.05) is 5.69 Å². The van der Waals surface area contributed by atoms with Crippen LogP contribution in [-0.4, -0.2) is 18.6 Å². The Bertz CT molecular complexity index is 694. The molecule has 0 saturated carbocycles. The minimum atomic E-state index is -3.68. The molecule has 0 radical (unpaired) electrons. The van der Waals surface area contributed by atoms with Crippen LogP contribution < -0.4 is 10.5 Å². The number of hydrogen-bond donors (Lipinski definition) is 2. The number of aromatic nitrogens is 2. The van der Waals surface area contributed by atoms with Gasteiger partial charge in [-0.25, -0.2) is 8.42 Å². The van der Waals surface area contributed by atoms with E-state index in [1.54, 1.807) is 19.1 Å². The normalized spacial score (nSPS) is 11.5. The van der Waals surface area contributed by atoms with Crippen molar-refractivity contribution in [3.8, 4) is 0 Å². The second-order valence-corrected chi connectivity index (χ2v) is 6.70. The minimum Gasteiger partial charge on any atom is -0.399 e. The van der Waals surface area contributed by atoms with Gasteiger partial charge in [-0.05, 0) is 31.0 Å². The molecule has 0 aliphatic carbocycles. The summed E-state index contributed by atoms with van der Waals surface area (Å²) in [6.07, 6.45) is 0.719. The predicted octanol–water partition coefficient (Wildman–Crippen LogP) is 1.79. The highest BCUT2D eigenvalue weighted by Crippen LogP contribution is 2.23. The first kappa shape index (κ1) is 13.8. The van der Waals surface area contributed by atoms with Gasteiger partial charge < -0.3 is 5.73 Å². The summed E-state index contributed by atoms with van der Waals surface area (Å²) in [6.45, 7) is 3.65. The van der Waals surface area contributed by atoms with Crippen LogP contribution in [-0.2, 0) is 16.4 Å². The third kappa shape index (κ3) is 3.02. The molecule has 0 spiro atoms. The molecule has 0 amide bonds. The standard InChI is InChI=1S/C11H14N4O2S2/c1-3-10-13-14-11(18-10)15-19(16,17)9-6-8(12)5-4-7(9)2/h4-6H,3,12H2,1-2H3,(H,14,15). The van der Waals surface area contributed by atoms with E-state index in [9.17, 15) is 8.42 Å². The number of sulfonamides is 1. The van der Waals surface area contributed by atoms with Gasteiger partial charge in [-0.3, -0.25) is 4.72 Å². The number of rotatable bonds is 4. The SMILES string of the molecule is CCc1nnc(NS(=O)(=O)c2cc(N)ccc2C)s1. The van der Waals surface area contributed by atoms with Gasteiger partial charge in [0.1, 0.15) is 5.01 Å². The van der Waals surface area contributed by atoms with Gasteiger partial charge >= 0.3 is 0 Å². The van der Waals surface area contributed by atoms with Crippen LogP contribution in [0.5, 0.6) is 0 Å². The van der Waals surface area contributed by atoms with Crippen molar-refractivity contribution >= 4 is 32.2 Å². The van der Waals surface area contributed by atoms with E-state index in [1.165, 1.54) is 17.4 Å². The number of nitrogens with one attached hydrogen (secondary N) is 1. The van der Waals surface area contributed by atoms with Crippen LogP contribution in [0.25, 0.3) is 0 Å². The molecule has 6 nitrogen and oxygen atoms in total. The predicted molar refractivity (Wildman–Crippen MR) is 75.7 cm³/mol. The highest BCUT2D eigenvalue weighted by atomic mass is 32.2. The highest BCUT2D eigenvalue weighted by Gasteiger charge is 2.19. The van der Waals surface area contributed by atoms with Crippen molar-refractivity contribution < 1.29 is 8.42 Å². The number of nitrogens with two attached hydrogens (primary N) is 1. The highest BCUT2D eigenvalue weighted by molar-refractivity contribution is 7.93. The summed E-state index contributed by atoms with van der Waals surface area (Å²) < 4.78 is 26.9. The molecule has 1 aromatic heterocycles. The molecule has 0 unspecified atom stereocenters. The number of benzene rings is 1. The maximum atomic E-state index is 12.2. The lowest BCUT2D eigenvalue weighted by molar-refractivity contribution is 0.600. The molecule has 2 aromatic rings. The van der Waals surface area contributed by atoms with E-state index in [-0.39, 0.29) is 10.0 Å². The van der Waals surface area contributed by atoms with E-state index < -0.39 is 10.0 Å². The fourth-order valence-corrected chi connectivity index (χ4v) is 3.70. The first-order chi connectivity index (χ1) is 8.92. The van der Waals surface area contributed by atoms with Crippen LogP contribution in [0, 0.1) is 6.92 Å². The van der Waals surface area contributed by atoms with E-state index in [0.717, 1.165) is 11.4 Å². The Morgan fingerprint density at radius 2 is 2.11 bits per heavy atom. The zero-order chi connectivity index (χ0) is 14.0. The average Bonchev–Trinajstić information content (AvgIpc) is 2.79. The lowest BCUT2D eigenvalue weighted by Gasteiger charge is -2.08. The maximum absolute atomic E-state index is 12.2. The van der Waals surface area contributed by atoms with Crippen LogP contribution >= 0.6 is 11.3 Å². The van der Waals surface area contributed by atoms with E-state index in [0.29, 0.717) is 11.3 Å². The third-order valence-corrected chi connectivity index (χ3v) is 5.09. The summed E-state index contributed by atoms with van der Waals surface area (Å²) in [6, 6.07) is 4.76. The molecule has 19 heavy (non-hydrogen) atoms. The van der Waals surface area contributed by atoms with Gasteiger partial charge in [-0.15, -0.1) is 10.2 Å². The molecule has 0 atom stereocenters. The maximum Gasteiger partial charge on any atom is 0.264 e. The molecule has 102 valence electrons. The summed E-state index contributed by atoms with van der Waals surface area (Å²) in [5.41, 5.74) is 6.65. The minimum absolute atomic E-state index is 0.153. The molecular weight excluding hydrogens is 284 g/mol. The zero-order valence-electron chi connectivity index (χ0n) is 10.5. The van der Waals surface area contributed by atoms with Gasteiger partial charge in [-0.1, -0.05) is 24.3 Å². The van der Waals surface area contributed by atoms with Crippen LogP contribution in [0.1, 0.15) is 17.5 Å². The number of hydrogen-bond acceptors (Lipinski definition) is 6. The van der Waals surface area contributed by atoms with Gasteiger partial charge in [0.05, 0.1) is 4.90 Å². The Morgan fingerprint density at radius 3 is 2.74 bits per heavy atom. The van der Waals surface area contributed by atoms with Crippen LogP contribution in [0.15, 0.2) is 23.1 Å². The van der Waals surface area contributed by atoms with Gasteiger partial charge in [0.25, 0.3) is 10.0 Å². The molecular formula is C11H14N4O2S2. The molecule has 8 heteroatoms. The van der Waals surface area contributed by atoms with E-state index in [1.807, 2.05) is 6.92 Å². The summed E-state index contributed by atoms with van der Waals surface area (Å²) in [4.78, 5) is 0.153. The Balaban J connectivity index is 2.34. The second kappa shape index (κ2) is 5.14. The summed E-state index contributed by atoms with van der Waals surface area (Å²) in [7, 11) is -3.68. The molecule has 0 saturated heterocycles. The lowest BCUT2D eigenvalue weighted by atomic mass is 10.2. The molecule has 2 rings (SSSR count). The second-order valence-electron chi connectivity index (χ2n) is 3.98. The number of aryl methyl sites for hydroxylation is 2. The molecule has 0 aliphatic rings. The Hall–Kier alpha value is -1.67. The van der Waals surface area contributed by atoms with Crippen LogP contribution in [0.3, 0.4) is 0 Å². The Kier molecular flexibility index (Phi) is 3.72. The van der Waals surface area contributed by atoms with Crippen LogP contribution in [0.2, 0.25) is 0 Å². The third-order valence-electron chi connectivity index (χ3n) is 2.49. The number of nitrogen functional groups attached to an aromatic ring is 1. The molecule has 3 N–H and O–H groups in total. The molecule has 1 aromatic carbocycles. The molecule has 0 bridgehead atoms. The average molecular weight is 298 g/mol. The largest absolute Gasteiger partial charge is 0.399 e. The van der Waals surface area contributed by atoms with Crippen molar-refractivity contribution in [3.63, 3.8) is 0 Å². The summed E-state index contributed by atoms with van der Waals surface area (Å²) in [5, 5.41) is 8.71. The zero-order valence-corrected chi connectivity index (χ0v) is 12.2. The van der Waals surface area contributed by atoms with Crippen molar-refractivity contribution in [1.29, 1.82) is 0 Å². The van der Waals surface area contributed by atoms with E-state index in [2.05, 4.69) is 14.9 Å². The van der Waals surface area contributed by atoms with Gasteiger partial charge in [0.15, 0.2) is 0 Å². The smallest absolute Gasteiger partial charge is 0.264 e. The topological polar surface area (TPSA) is 98.0 Å². The quantitative estimate of drug-likeness (QED) is 0.839. The van der Waals surface area contributed by atoms with Gasteiger partial charge in [-0.2, -0.15) is 0 Å². The van der Waals surface area contributed by atoms with Crippen molar-refractivity contribution in [2.45, 2.75) is 25.2 Å². The molecule has 0 fully saturated rings. The fraction of sp³-hybridized carbons (Fsp3) is 0.273. The summed E-state index contributed by atoms with van der Waals surface area (Å²) >= 11 is 1.22. The monoisotopic (exact) mass is 298 g/mol. The fourth-order valence-electron chi connectivity index (χ4n) is 1.51. The van der Waals surface area contributed by atoms with Crippen molar-refractivity contribution in [3.05, 3.63) is 28.8 Å². The molecule has 1 heterocycles. The van der Waals surface area contributed by atoms with E-state index >= 15 is 0 Å². The van der Waals surface area contributed by atoms with Crippen LogP contribution in [0.4, 0.5) is 10.8 Å². The number of anilines is 2. The van der Waals surface area contributed by atoms with Crippen molar-refractivity contribution in [1.82, 2.24) is 10.2 Å². The first-order valence-corrected chi connectivity index (χ1v) is 7.93. The van der Waals surface area contributed by atoms with Crippen molar-refractivity contribution in [2.75, 3.05) is 10.5 Å². The lowest BCUT2D eigenvalue weighted by Crippen LogP contribution is -2.14. The molecule has 0 aliphatic heterocycles. The van der Waals surface area contributed by atoms with E-state index in [4.69, 9.17) is 5.73 Å². The van der Waals surface area contributed by atoms with Gasteiger partial charge in [0.2, 0.25) is 5.13 Å². The van der Waals surface area contributed by atoms with Crippen molar-refractivity contribution in [2.24, 2.45) is 0 Å². The Morgan fingerprint density at radius 1 is 1.37 bits per heavy atom. The summed E-state index contributed by atoms with van der Waals surface area (Å²) in [5.74, 6) is 0. The first-order valence-electron chi connectivity index (χ1n) is 5.63.